The van der Waals surface area contributed by atoms with Crippen molar-refractivity contribution in [1.82, 2.24) is 15.3 Å². The van der Waals surface area contributed by atoms with E-state index in [1.54, 1.807) is 0 Å². The highest BCUT2D eigenvalue weighted by Gasteiger charge is 2.63. The Morgan fingerprint density at radius 2 is 2.19 bits per heavy atom. The third-order valence-electron chi connectivity index (χ3n) is 7.02. The van der Waals surface area contributed by atoms with Crippen LogP contribution in [0.15, 0.2) is 18.3 Å². The van der Waals surface area contributed by atoms with Crippen molar-refractivity contribution >= 4 is 11.7 Å². The number of rotatable bonds is 4. The third kappa shape index (κ3) is 2.76. The maximum absolute atomic E-state index is 12.4. The van der Waals surface area contributed by atoms with Crippen molar-refractivity contribution in [3.63, 3.8) is 0 Å². The van der Waals surface area contributed by atoms with Crippen LogP contribution in [0.2, 0.25) is 0 Å². The molecule has 27 heavy (non-hydrogen) atoms. The van der Waals surface area contributed by atoms with Crippen LogP contribution in [0.1, 0.15) is 37.1 Å². The standard InChI is InChI=1S/C21H28N4O2/c1-13-9-22-14(2)19(24-13)25-11-17-16(18-7-8-21(17,12-25)27-18)10-23-20(26)15-5-3-4-6-15/h3-4,9,15-18H,5-8,10-12H2,1-2H3,(H,23,26)/t16-,17+,18+,21+/m0/s1. The Hall–Kier alpha value is -1.95. The molecule has 1 amide bonds. The van der Waals surface area contributed by atoms with E-state index in [1.807, 2.05) is 20.0 Å². The molecule has 144 valence electrons. The van der Waals surface area contributed by atoms with Gasteiger partial charge in [-0.3, -0.25) is 9.78 Å². The zero-order valence-corrected chi connectivity index (χ0v) is 16.1. The van der Waals surface area contributed by atoms with Gasteiger partial charge in [0, 0.05) is 43.6 Å². The van der Waals surface area contributed by atoms with Crippen LogP contribution >= 0.6 is 0 Å². The first-order valence-electron chi connectivity index (χ1n) is 10.2. The molecule has 0 aromatic carbocycles. The fourth-order valence-electron chi connectivity index (χ4n) is 5.64. The van der Waals surface area contributed by atoms with E-state index < -0.39 is 0 Å². The van der Waals surface area contributed by atoms with E-state index in [0.29, 0.717) is 17.9 Å². The van der Waals surface area contributed by atoms with Crippen LogP contribution in [0.5, 0.6) is 0 Å². The van der Waals surface area contributed by atoms with Gasteiger partial charge in [-0.05, 0) is 39.5 Å². The molecule has 1 aromatic rings. The quantitative estimate of drug-likeness (QED) is 0.825. The minimum atomic E-state index is -0.0627. The van der Waals surface area contributed by atoms with Crippen molar-refractivity contribution < 1.29 is 9.53 Å². The van der Waals surface area contributed by atoms with E-state index >= 15 is 0 Å². The second-order valence-electron chi connectivity index (χ2n) is 8.72. The molecule has 0 radical (unpaired) electrons. The van der Waals surface area contributed by atoms with Gasteiger partial charge < -0.3 is 15.0 Å². The highest BCUT2D eigenvalue weighted by atomic mass is 16.5. The summed E-state index contributed by atoms with van der Waals surface area (Å²) in [6, 6.07) is 0. The first-order valence-corrected chi connectivity index (χ1v) is 10.2. The minimum absolute atomic E-state index is 0.0627. The SMILES string of the molecule is Cc1cnc(C)c(N2C[C@@H]3[C@H](CNC(=O)C4CC=CC4)[C@H]4CC[C@]3(C2)O4)n1. The van der Waals surface area contributed by atoms with Crippen LogP contribution in [-0.4, -0.2) is 47.2 Å². The van der Waals surface area contributed by atoms with E-state index in [0.717, 1.165) is 62.5 Å². The van der Waals surface area contributed by atoms with E-state index in [2.05, 4.69) is 27.4 Å². The summed E-state index contributed by atoms with van der Waals surface area (Å²) in [5, 5.41) is 3.23. The average molecular weight is 368 g/mol. The molecule has 1 aliphatic carbocycles. The monoisotopic (exact) mass is 368 g/mol. The fraction of sp³-hybridized carbons (Fsp3) is 0.667. The number of ether oxygens (including phenoxy) is 1. The Kier molecular flexibility index (Phi) is 4.00. The van der Waals surface area contributed by atoms with Crippen molar-refractivity contribution in [2.24, 2.45) is 17.8 Å². The summed E-state index contributed by atoms with van der Waals surface area (Å²) in [7, 11) is 0. The number of amides is 1. The normalized spacial score (nSPS) is 34.4. The number of hydrogen-bond acceptors (Lipinski definition) is 5. The molecule has 3 saturated heterocycles. The number of fused-ring (bicyclic) bond motifs is 1. The van der Waals surface area contributed by atoms with Gasteiger partial charge in [0.2, 0.25) is 5.91 Å². The van der Waals surface area contributed by atoms with Crippen molar-refractivity contribution in [2.75, 3.05) is 24.5 Å². The van der Waals surface area contributed by atoms with Crippen LogP contribution in [0.4, 0.5) is 5.82 Å². The van der Waals surface area contributed by atoms with Gasteiger partial charge in [-0.15, -0.1) is 0 Å². The van der Waals surface area contributed by atoms with Gasteiger partial charge in [0.25, 0.3) is 0 Å². The summed E-state index contributed by atoms with van der Waals surface area (Å²) in [5.74, 6) is 2.18. The molecule has 0 saturated carbocycles. The number of anilines is 1. The summed E-state index contributed by atoms with van der Waals surface area (Å²) in [6.45, 7) is 6.59. The molecule has 2 bridgehead atoms. The highest BCUT2D eigenvalue weighted by Crippen LogP contribution is 2.55. The molecule has 4 aliphatic rings. The van der Waals surface area contributed by atoms with E-state index in [9.17, 15) is 4.79 Å². The van der Waals surface area contributed by atoms with Gasteiger partial charge in [-0.1, -0.05) is 12.2 Å². The third-order valence-corrected chi connectivity index (χ3v) is 7.02. The average Bonchev–Trinajstić information content (AvgIpc) is 3.42. The zero-order valence-electron chi connectivity index (χ0n) is 16.1. The summed E-state index contributed by atoms with van der Waals surface area (Å²) >= 11 is 0. The van der Waals surface area contributed by atoms with Crippen molar-refractivity contribution in [3.05, 3.63) is 29.7 Å². The molecule has 3 fully saturated rings. The lowest BCUT2D eigenvalue weighted by atomic mass is 9.73. The van der Waals surface area contributed by atoms with Gasteiger partial charge in [-0.2, -0.15) is 0 Å². The van der Waals surface area contributed by atoms with Gasteiger partial charge in [-0.25, -0.2) is 4.98 Å². The second kappa shape index (κ2) is 6.30. The predicted molar refractivity (Wildman–Crippen MR) is 102 cm³/mol. The van der Waals surface area contributed by atoms with Crippen molar-refractivity contribution in [1.29, 1.82) is 0 Å². The lowest BCUT2D eigenvalue weighted by Crippen LogP contribution is -2.43. The van der Waals surface area contributed by atoms with Gasteiger partial charge in [0.15, 0.2) is 0 Å². The number of carbonyl (C=O) groups is 1. The Bertz CT molecular complexity index is 786. The second-order valence-corrected chi connectivity index (χ2v) is 8.72. The number of nitrogens with one attached hydrogen (secondary N) is 1. The van der Waals surface area contributed by atoms with Gasteiger partial charge in [0.05, 0.1) is 23.1 Å². The van der Waals surface area contributed by atoms with E-state index in [4.69, 9.17) is 9.72 Å². The Morgan fingerprint density at radius 1 is 1.37 bits per heavy atom. The molecule has 6 heteroatoms. The predicted octanol–water partition coefficient (Wildman–Crippen LogP) is 2.16. The molecule has 6 nitrogen and oxygen atoms in total. The van der Waals surface area contributed by atoms with Crippen molar-refractivity contribution in [2.45, 2.75) is 51.2 Å². The lowest BCUT2D eigenvalue weighted by molar-refractivity contribution is -0.124. The smallest absolute Gasteiger partial charge is 0.223 e. The summed E-state index contributed by atoms with van der Waals surface area (Å²) in [6.07, 6.45) is 10.3. The number of nitrogens with zero attached hydrogens (tertiary/aromatic N) is 3. The minimum Gasteiger partial charge on any atom is -0.369 e. The van der Waals surface area contributed by atoms with Gasteiger partial charge in [0.1, 0.15) is 5.82 Å². The first-order chi connectivity index (χ1) is 13.1. The number of aryl methyl sites for hydroxylation is 2. The molecule has 0 unspecified atom stereocenters. The maximum Gasteiger partial charge on any atom is 0.223 e. The molecule has 5 rings (SSSR count). The number of allylic oxidation sites excluding steroid dienone is 2. The van der Waals surface area contributed by atoms with Crippen LogP contribution in [0.25, 0.3) is 0 Å². The fourth-order valence-corrected chi connectivity index (χ4v) is 5.64. The largest absolute Gasteiger partial charge is 0.369 e. The van der Waals surface area contributed by atoms with Gasteiger partial charge >= 0.3 is 0 Å². The zero-order chi connectivity index (χ0) is 18.6. The van der Waals surface area contributed by atoms with E-state index in [-0.39, 0.29) is 17.4 Å². The summed E-state index contributed by atoms with van der Waals surface area (Å²) in [4.78, 5) is 24.0. The topological polar surface area (TPSA) is 67.4 Å². The lowest BCUT2D eigenvalue weighted by Gasteiger charge is -2.29. The molecule has 3 aliphatic heterocycles. The summed E-state index contributed by atoms with van der Waals surface area (Å²) < 4.78 is 6.52. The molecule has 4 heterocycles. The van der Waals surface area contributed by atoms with Crippen LogP contribution in [0.3, 0.4) is 0 Å². The first kappa shape index (κ1) is 17.2. The van der Waals surface area contributed by atoms with E-state index in [1.165, 1.54) is 0 Å². The van der Waals surface area contributed by atoms with Crippen molar-refractivity contribution in [3.8, 4) is 0 Å². The highest BCUT2D eigenvalue weighted by molar-refractivity contribution is 5.79. The number of aromatic nitrogens is 2. The Morgan fingerprint density at radius 3 is 3.00 bits per heavy atom. The maximum atomic E-state index is 12.4. The Labute approximate surface area is 160 Å². The molecule has 1 spiro atoms. The molecular weight excluding hydrogens is 340 g/mol. The number of hydrogen-bond donors (Lipinski definition) is 1. The molecule has 4 atom stereocenters. The van der Waals surface area contributed by atoms with Crippen LogP contribution < -0.4 is 10.2 Å². The molecular formula is C21H28N4O2. The summed E-state index contributed by atoms with van der Waals surface area (Å²) in [5.41, 5.74) is 1.86. The number of carbonyl (C=O) groups excluding carboxylic acids is 1. The van der Waals surface area contributed by atoms with Crippen LogP contribution in [-0.2, 0) is 9.53 Å². The van der Waals surface area contributed by atoms with Crippen LogP contribution in [0, 0.1) is 31.6 Å². The molecule has 1 N–H and O–H groups in total. The molecule has 1 aromatic heterocycles. The Balaban J connectivity index is 1.30.